The van der Waals surface area contributed by atoms with Crippen LogP contribution in [0.5, 0.6) is 0 Å². The maximum atomic E-state index is 12.3. The molecule has 0 unspecified atom stereocenters. The van der Waals surface area contributed by atoms with Gasteiger partial charge in [-0.1, -0.05) is 0 Å². The fourth-order valence-electron chi connectivity index (χ4n) is 1.62. The monoisotopic (exact) mass is 239 g/mol. The average molecular weight is 239 g/mol. The third kappa shape index (κ3) is 1.95. The van der Waals surface area contributed by atoms with E-state index in [0.29, 0.717) is 17.0 Å². The summed E-state index contributed by atoms with van der Waals surface area (Å²) < 4.78 is 12.3. The first-order valence-corrected chi connectivity index (χ1v) is 5.83. The zero-order valence-corrected chi connectivity index (χ0v) is 9.30. The Morgan fingerprint density at radius 1 is 1.50 bits per heavy atom. The second-order valence-corrected chi connectivity index (χ2v) is 4.39. The molecule has 1 amide bonds. The predicted octanol–water partition coefficient (Wildman–Crippen LogP) is 1.91. The molecule has 2 rings (SSSR count). The van der Waals surface area contributed by atoms with Gasteiger partial charge in [0.05, 0.1) is 18.0 Å². The summed E-state index contributed by atoms with van der Waals surface area (Å²) >= 11 is 1.38. The second-order valence-electron chi connectivity index (χ2n) is 3.37. The number of thioether (sulfide) groups is 1. The molecule has 1 aliphatic rings. The Hall–Kier alpha value is -1.36. The molecule has 0 fully saturated rings. The highest BCUT2D eigenvalue weighted by atomic mass is 32.2. The van der Waals surface area contributed by atoms with E-state index in [1.165, 1.54) is 16.7 Å². The third-order valence-corrected chi connectivity index (χ3v) is 3.40. The number of benzene rings is 1. The van der Waals surface area contributed by atoms with Crippen molar-refractivity contribution in [3.05, 3.63) is 23.8 Å². The summed E-state index contributed by atoms with van der Waals surface area (Å²) in [6, 6.07) is 5.06. The van der Waals surface area contributed by atoms with E-state index in [9.17, 15) is 14.0 Å². The Kier molecular flexibility index (Phi) is 3.24. The van der Waals surface area contributed by atoms with Gasteiger partial charge in [0, 0.05) is 10.5 Å². The molecule has 3 nitrogen and oxygen atoms in total. The maximum absolute atomic E-state index is 12.3. The quantitative estimate of drug-likeness (QED) is 0.756. The van der Waals surface area contributed by atoms with Gasteiger partial charge in [-0.25, -0.2) is 4.39 Å². The van der Waals surface area contributed by atoms with Crippen LogP contribution in [0.15, 0.2) is 23.1 Å². The van der Waals surface area contributed by atoms with Crippen molar-refractivity contribution in [3.8, 4) is 0 Å². The van der Waals surface area contributed by atoms with Crippen LogP contribution in [0.1, 0.15) is 10.4 Å². The summed E-state index contributed by atoms with van der Waals surface area (Å²) in [5, 5.41) is 0. The number of fused-ring (bicyclic) bond motifs is 1. The van der Waals surface area contributed by atoms with Gasteiger partial charge >= 0.3 is 0 Å². The van der Waals surface area contributed by atoms with E-state index in [2.05, 4.69) is 0 Å². The molecule has 5 heteroatoms. The summed E-state index contributed by atoms with van der Waals surface area (Å²) in [5.41, 5.74) is 1.27. The van der Waals surface area contributed by atoms with E-state index in [1.54, 1.807) is 18.2 Å². The van der Waals surface area contributed by atoms with Crippen molar-refractivity contribution in [2.24, 2.45) is 0 Å². The molecule has 1 aromatic rings. The van der Waals surface area contributed by atoms with Crippen LogP contribution in [0.2, 0.25) is 0 Å². The zero-order valence-electron chi connectivity index (χ0n) is 8.48. The van der Waals surface area contributed by atoms with E-state index in [0.717, 1.165) is 11.2 Å². The first-order valence-electron chi connectivity index (χ1n) is 4.84. The summed E-state index contributed by atoms with van der Waals surface area (Å²) in [7, 11) is 0. The Morgan fingerprint density at radius 3 is 3.00 bits per heavy atom. The molecule has 1 heterocycles. The second kappa shape index (κ2) is 4.65. The molecule has 1 aliphatic heterocycles. The number of rotatable bonds is 3. The Morgan fingerprint density at radius 2 is 2.31 bits per heavy atom. The first kappa shape index (κ1) is 11.1. The molecule has 0 saturated heterocycles. The van der Waals surface area contributed by atoms with Crippen molar-refractivity contribution >= 4 is 29.6 Å². The number of carbonyl (C=O) groups is 2. The smallest absolute Gasteiger partial charge is 0.237 e. The fourth-order valence-corrected chi connectivity index (χ4v) is 2.60. The average Bonchev–Trinajstić information content (AvgIpc) is 2.32. The predicted molar refractivity (Wildman–Crippen MR) is 60.9 cm³/mol. The van der Waals surface area contributed by atoms with Gasteiger partial charge in [-0.2, -0.15) is 0 Å². The van der Waals surface area contributed by atoms with Crippen molar-refractivity contribution in [2.45, 2.75) is 4.90 Å². The highest BCUT2D eigenvalue weighted by Crippen LogP contribution is 2.35. The van der Waals surface area contributed by atoms with E-state index in [4.69, 9.17) is 0 Å². The van der Waals surface area contributed by atoms with E-state index in [1.807, 2.05) is 0 Å². The van der Waals surface area contributed by atoms with Crippen LogP contribution < -0.4 is 4.90 Å². The number of alkyl halides is 1. The van der Waals surface area contributed by atoms with Gasteiger partial charge in [-0.05, 0) is 18.2 Å². The van der Waals surface area contributed by atoms with E-state index in [-0.39, 0.29) is 12.5 Å². The minimum absolute atomic E-state index is 0.0762. The zero-order chi connectivity index (χ0) is 11.5. The van der Waals surface area contributed by atoms with Crippen molar-refractivity contribution in [1.29, 1.82) is 0 Å². The van der Waals surface area contributed by atoms with Gasteiger partial charge in [0.25, 0.3) is 0 Å². The van der Waals surface area contributed by atoms with Crippen LogP contribution in [-0.2, 0) is 4.79 Å². The normalized spacial score (nSPS) is 14.8. The molecule has 16 heavy (non-hydrogen) atoms. The van der Waals surface area contributed by atoms with Crippen molar-refractivity contribution in [1.82, 2.24) is 0 Å². The van der Waals surface area contributed by atoms with Crippen LogP contribution in [0.3, 0.4) is 0 Å². The number of halogens is 1. The van der Waals surface area contributed by atoms with Gasteiger partial charge in [-0.15, -0.1) is 11.8 Å². The Labute approximate surface area is 96.6 Å². The summed E-state index contributed by atoms with van der Waals surface area (Å²) in [5.74, 6) is 0.212. The molecule has 0 saturated carbocycles. The fraction of sp³-hybridized carbons (Fsp3) is 0.273. The van der Waals surface area contributed by atoms with Gasteiger partial charge in [0.1, 0.15) is 13.0 Å². The lowest BCUT2D eigenvalue weighted by molar-refractivity contribution is -0.116. The molecule has 0 N–H and O–H groups in total. The van der Waals surface area contributed by atoms with E-state index < -0.39 is 6.67 Å². The van der Waals surface area contributed by atoms with Gasteiger partial charge in [-0.3, -0.25) is 9.59 Å². The van der Waals surface area contributed by atoms with Crippen molar-refractivity contribution in [2.75, 3.05) is 23.9 Å². The summed E-state index contributed by atoms with van der Waals surface area (Å²) in [4.78, 5) is 24.5. The van der Waals surface area contributed by atoms with Crippen LogP contribution in [-0.4, -0.2) is 31.2 Å². The highest BCUT2D eigenvalue weighted by molar-refractivity contribution is 8.00. The molecule has 1 aromatic carbocycles. The number of amides is 1. The largest absolute Gasteiger partial charge is 0.308 e. The molecule has 0 spiro atoms. The maximum Gasteiger partial charge on any atom is 0.237 e. The molecule has 0 radical (unpaired) electrons. The van der Waals surface area contributed by atoms with Crippen LogP contribution in [0.4, 0.5) is 10.1 Å². The van der Waals surface area contributed by atoms with Crippen LogP contribution in [0, 0.1) is 0 Å². The summed E-state index contributed by atoms with van der Waals surface area (Å²) in [6.07, 6.45) is 0.761. The number of hydrogen-bond donors (Lipinski definition) is 0. The van der Waals surface area contributed by atoms with Crippen molar-refractivity contribution < 1.29 is 14.0 Å². The SMILES string of the molecule is O=Cc1ccc2c(c1)SCC(=O)N2CCF. The lowest BCUT2D eigenvalue weighted by Crippen LogP contribution is -2.36. The van der Waals surface area contributed by atoms with Crippen LogP contribution >= 0.6 is 11.8 Å². The number of nitrogens with zero attached hydrogens (tertiary/aromatic N) is 1. The Balaban J connectivity index is 2.40. The number of anilines is 1. The number of carbonyl (C=O) groups excluding carboxylic acids is 2. The third-order valence-electron chi connectivity index (χ3n) is 2.37. The van der Waals surface area contributed by atoms with E-state index >= 15 is 0 Å². The molecule has 0 aliphatic carbocycles. The molecule has 84 valence electrons. The van der Waals surface area contributed by atoms with Crippen molar-refractivity contribution in [3.63, 3.8) is 0 Å². The summed E-state index contributed by atoms with van der Waals surface area (Å²) in [6.45, 7) is -0.488. The lowest BCUT2D eigenvalue weighted by Gasteiger charge is -2.28. The molecule has 0 atom stereocenters. The number of hydrogen-bond acceptors (Lipinski definition) is 3. The first-order chi connectivity index (χ1) is 7.76. The van der Waals surface area contributed by atoms with Gasteiger partial charge in [0.2, 0.25) is 5.91 Å². The minimum atomic E-state index is -0.564. The minimum Gasteiger partial charge on any atom is -0.308 e. The van der Waals surface area contributed by atoms with Gasteiger partial charge < -0.3 is 4.90 Å². The molecule has 0 bridgehead atoms. The Bertz CT molecular complexity index is 436. The highest BCUT2D eigenvalue weighted by Gasteiger charge is 2.24. The standard InChI is InChI=1S/C11H10FNO2S/c12-3-4-13-9-2-1-8(6-14)5-10(9)16-7-11(13)15/h1-2,5-6H,3-4,7H2. The van der Waals surface area contributed by atoms with Crippen LogP contribution in [0.25, 0.3) is 0 Å². The molecular formula is C11H10FNO2S. The molecule has 0 aromatic heterocycles. The lowest BCUT2D eigenvalue weighted by atomic mass is 10.2. The van der Waals surface area contributed by atoms with Gasteiger partial charge in [0.15, 0.2) is 0 Å². The number of aldehydes is 1. The molecular weight excluding hydrogens is 229 g/mol. The topological polar surface area (TPSA) is 37.4 Å².